The van der Waals surface area contributed by atoms with Crippen molar-refractivity contribution in [2.45, 2.75) is 59.7 Å². The second-order valence-electron chi connectivity index (χ2n) is 4.74. The Morgan fingerprint density at radius 3 is 1.93 bits per heavy atom. The molecule has 0 aromatic carbocycles. The lowest BCUT2D eigenvalue weighted by Crippen LogP contribution is -2.27. The van der Waals surface area contributed by atoms with E-state index in [-0.39, 0.29) is 0 Å². The maximum absolute atomic E-state index is 6.12. The number of hydrogen-bond donors (Lipinski definition) is 0. The Morgan fingerprint density at radius 1 is 1.14 bits per heavy atom. The summed E-state index contributed by atoms with van der Waals surface area (Å²) >= 11 is 0. The molecule has 0 heterocycles. The molecule has 0 N–H and O–H groups in total. The predicted molar refractivity (Wildman–Crippen MR) is 66.9 cm³/mol. The summed E-state index contributed by atoms with van der Waals surface area (Å²) in [5.74, 6) is 1.87. The summed E-state index contributed by atoms with van der Waals surface area (Å²) < 4.78 is 6.12. The Balaban J connectivity index is 4.51. The van der Waals surface area contributed by atoms with Crippen LogP contribution in [0.4, 0.5) is 0 Å². The van der Waals surface area contributed by atoms with Gasteiger partial charge in [0.15, 0.2) is 0 Å². The fourth-order valence-corrected chi connectivity index (χ4v) is 2.49. The first kappa shape index (κ1) is 13.8. The molecular weight excluding hydrogens is 188 g/mol. The van der Waals surface area contributed by atoms with Crippen molar-refractivity contribution in [2.75, 3.05) is 0 Å². The van der Waals surface area contributed by atoms with Gasteiger partial charge in [-0.25, -0.2) is 0 Å². The molecule has 0 atom stereocenters. The molecule has 0 saturated carbocycles. The fraction of sp³-hybridized carbons (Fsp3) is 0.833. The van der Waals surface area contributed by atoms with E-state index in [1.165, 1.54) is 18.6 Å². The van der Waals surface area contributed by atoms with E-state index in [1.54, 1.807) is 0 Å². The monoisotopic (exact) mass is 214 g/mol. The van der Waals surface area contributed by atoms with Gasteiger partial charge >= 0.3 is 0 Å². The van der Waals surface area contributed by atoms with Crippen molar-refractivity contribution in [1.29, 1.82) is 0 Å². The minimum absolute atomic E-state index is 0.627. The van der Waals surface area contributed by atoms with Gasteiger partial charge in [0.2, 0.25) is 8.32 Å². The Morgan fingerprint density at radius 2 is 1.64 bits per heavy atom. The maximum Gasteiger partial charge on any atom is 0.241 e. The van der Waals surface area contributed by atoms with Crippen molar-refractivity contribution in [3.05, 3.63) is 11.8 Å². The van der Waals surface area contributed by atoms with Gasteiger partial charge in [0.25, 0.3) is 0 Å². The molecule has 2 heteroatoms. The Hall–Kier alpha value is -0.243. The van der Waals surface area contributed by atoms with Gasteiger partial charge < -0.3 is 4.43 Å². The van der Waals surface area contributed by atoms with Gasteiger partial charge in [-0.3, -0.25) is 0 Å². The van der Waals surface area contributed by atoms with Crippen molar-refractivity contribution in [2.24, 2.45) is 5.92 Å². The van der Waals surface area contributed by atoms with E-state index in [1.807, 2.05) is 0 Å². The lowest BCUT2D eigenvalue weighted by molar-refractivity contribution is 0.328. The SMILES string of the molecule is CC/C=C(\O[Si](C)(C)C)C(CC)CC. The average Bonchev–Trinajstić information content (AvgIpc) is 2.04. The van der Waals surface area contributed by atoms with Gasteiger partial charge in [-0.15, -0.1) is 0 Å². The van der Waals surface area contributed by atoms with Gasteiger partial charge in [-0.05, 0) is 45.0 Å². The van der Waals surface area contributed by atoms with Crippen molar-refractivity contribution < 1.29 is 4.43 Å². The largest absolute Gasteiger partial charge is 0.547 e. The summed E-state index contributed by atoms with van der Waals surface area (Å²) in [5.41, 5.74) is 0. The Bertz CT molecular complexity index is 175. The van der Waals surface area contributed by atoms with Crippen LogP contribution in [0.2, 0.25) is 19.6 Å². The van der Waals surface area contributed by atoms with Gasteiger partial charge in [0.1, 0.15) is 0 Å². The molecule has 0 aliphatic rings. The molecule has 0 aromatic rings. The van der Waals surface area contributed by atoms with Crippen LogP contribution < -0.4 is 0 Å². The second kappa shape index (κ2) is 6.28. The van der Waals surface area contributed by atoms with Gasteiger partial charge in [-0.2, -0.15) is 0 Å². The van der Waals surface area contributed by atoms with E-state index in [9.17, 15) is 0 Å². The molecule has 0 saturated heterocycles. The van der Waals surface area contributed by atoms with Crippen LogP contribution in [0.1, 0.15) is 40.0 Å². The summed E-state index contributed by atoms with van der Waals surface area (Å²) in [6.45, 7) is 13.4. The molecule has 0 rings (SSSR count). The molecule has 0 amide bonds. The quantitative estimate of drug-likeness (QED) is 0.465. The van der Waals surface area contributed by atoms with Crippen LogP contribution in [0.25, 0.3) is 0 Å². The molecule has 0 unspecified atom stereocenters. The van der Waals surface area contributed by atoms with E-state index in [0.29, 0.717) is 5.92 Å². The molecule has 0 aromatic heterocycles. The summed E-state index contributed by atoms with van der Waals surface area (Å²) in [6.07, 6.45) is 5.71. The molecule has 0 spiro atoms. The van der Waals surface area contributed by atoms with Crippen molar-refractivity contribution >= 4 is 8.32 Å². The zero-order chi connectivity index (χ0) is 11.2. The van der Waals surface area contributed by atoms with Gasteiger partial charge in [-0.1, -0.05) is 20.8 Å². The third-order valence-corrected chi connectivity index (χ3v) is 3.07. The molecule has 0 aliphatic heterocycles. The highest BCUT2D eigenvalue weighted by molar-refractivity contribution is 6.70. The standard InChI is InChI=1S/C12H26OSi/c1-7-10-12(11(8-2)9-3)13-14(4,5)6/h10-11H,7-9H2,1-6H3/b12-10-. The third-order valence-electron chi connectivity index (χ3n) is 2.22. The minimum Gasteiger partial charge on any atom is -0.547 e. The number of allylic oxidation sites excluding steroid dienone is 2. The van der Waals surface area contributed by atoms with Crippen LogP contribution in [0.15, 0.2) is 11.8 Å². The smallest absolute Gasteiger partial charge is 0.241 e. The predicted octanol–water partition coefficient (Wildman–Crippen LogP) is 4.57. The molecule has 0 radical (unpaired) electrons. The van der Waals surface area contributed by atoms with E-state index in [0.717, 1.165) is 6.42 Å². The molecule has 0 aliphatic carbocycles. The summed E-state index contributed by atoms with van der Waals surface area (Å²) in [6, 6.07) is 0. The van der Waals surface area contributed by atoms with E-state index >= 15 is 0 Å². The molecule has 84 valence electrons. The zero-order valence-corrected chi connectivity index (χ0v) is 11.7. The van der Waals surface area contributed by atoms with Crippen molar-refractivity contribution in [3.63, 3.8) is 0 Å². The highest BCUT2D eigenvalue weighted by Crippen LogP contribution is 2.24. The Labute approximate surface area is 90.7 Å². The summed E-state index contributed by atoms with van der Waals surface area (Å²) in [7, 11) is -1.42. The summed E-state index contributed by atoms with van der Waals surface area (Å²) in [4.78, 5) is 0. The molecule has 14 heavy (non-hydrogen) atoms. The molecule has 0 fully saturated rings. The highest BCUT2D eigenvalue weighted by atomic mass is 28.4. The maximum atomic E-state index is 6.12. The van der Waals surface area contributed by atoms with E-state index in [4.69, 9.17) is 4.43 Å². The third kappa shape index (κ3) is 5.48. The zero-order valence-electron chi connectivity index (χ0n) is 10.7. The fourth-order valence-electron chi connectivity index (χ4n) is 1.54. The van der Waals surface area contributed by atoms with E-state index < -0.39 is 8.32 Å². The van der Waals surface area contributed by atoms with Crippen LogP contribution in [0.3, 0.4) is 0 Å². The van der Waals surface area contributed by atoms with Crippen LogP contribution in [0, 0.1) is 5.92 Å². The van der Waals surface area contributed by atoms with Gasteiger partial charge in [0.05, 0.1) is 5.76 Å². The molecule has 1 nitrogen and oxygen atoms in total. The minimum atomic E-state index is -1.42. The Kier molecular flexibility index (Phi) is 6.17. The number of rotatable bonds is 6. The highest BCUT2D eigenvalue weighted by Gasteiger charge is 2.21. The number of hydrogen-bond acceptors (Lipinski definition) is 1. The van der Waals surface area contributed by atoms with Crippen LogP contribution in [0.5, 0.6) is 0 Å². The van der Waals surface area contributed by atoms with E-state index in [2.05, 4.69) is 46.5 Å². The first-order valence-corrected chi connectivity index (χ1v) is 9.24. The first-order chi connectivity index (χ1) is 6.44. The summed E-state index contributed by atoms with van der Waals surface area (Å²) in [5, 5.41) is 0. The second-order valence-corrected chi connectivity index (χ2v) is 9.17. The van der Waals surface area contributed by atoms with Crippen molar-refractivity contribution in [1.82, 2.24) is 0 Å². The molecule has 0 bridgehead atoms. The van der Waals surface area contributed by atoms with Crippen LogP contribution in [-0.2, 0) is 4.43 Å². The average molecular weight is 214 g/mol. The van der Waals surface area contributed by atoms with Crippen LogP contribution >= 0.6 is 0 Å². The lowest BCUT2D eigenvalue weighted by Gasteiger charge is -2.26. The molecular formula is C12H26OSi. The van der Waals surface area contributed by atoms with Crippen LogP contribution in [-0.4, -0.2) is 8.32 Å². The topological polar surface area (TPSA) is 9.23 Å². The van der Waals surface area contributed by atoms with Gasteiger partial charge in [0, 0.05) is 5.92 Å². The van der Waals surface area contributed by atoms with Crippen molar-refractivity contribution in [3.8, 4) is 0 Å². The lowest BCUT2D eigenvalue weighted by atomic mass is 10.0. The normalized spacial score (nSPS) is 13.5. The first-order valence-electron chi connectivity index (χ1n) is 5.83.